The molecule has 9 heteroatoms. The maximum atomic E-state index is 11.8. The lowest BCUT2D eigenvalue weighted by Crippen LogP contribution is -2.46. The number of amides is 2. The van der Waals surface area contributed by atoms with Gasteiger partial charge in [-0.1, -0.05) is 24.3 Å². The Morgan fingerprint density at radius 2 is 1.78 bits per heavy atom. The lowest BCUT2D eigenvalue weighted by atomic mass is 10.0. The van der Waals surface area contributed by atoms with Crippen LogP contribution in [0, 0.1) is 0 Å². The van der Waals surface area contributed by atoms with Crippen molar-refractivity contribution in [3.63, 3.8) is 0 Å². The fourth-order valence-corrected chi connectivity index (χ4v) is 5.50. The van der Waals surface area contributed by atoms with Crippen LogP contribution in [0.4, 0.5) is 5.69 Å². The second-order valence-corrected chi connectivity index (χ2v) is 11.3. The Bertz CT molecular complexity index is 1130. The zero-order valence-electron chi connectivity index (χ0n) is 24.5. The second-order valence-electron chi connectivity index (χ2n) is 11.3. The van der Waals surface area contributed by atoms with E-state index < -0.39 is 0 Å². The van der Waals surface area contributed by atoms with Gasteiger partial charge in [-0.3, -0.25) is 29.5 Å². The molecule has 41 heavy (non-hydrogen) atoms. The summed E-state index contributed by atoms with van der Waals surface area (Å²) in [5, 5.41) is 5.56. The highest BCUT2D eigenvalue weighted by molar-refractivity contribution is 5.85. The molecule has 0 saturated carbocycles. The maximum Gasteiger partial charge on any atom is 0.226 e. The van der Waals surface area contributed by atoms with Crippen molar-refractivity contribution in [2.75, 3.05) is 51.2 Å². The van der Waals surface area contributed by atoms with Gasteiger partial charge in [0.2, 0.25) is 12.3 Å². The summed E-state index contributed by atoms with van der Waals surface area (Å²) in [5.74, 6) is -0.274. The van der Waals surface area contributed by atoms with E-state index in [1.165, 1.54) is 11.1 Å². The van der Waals surface area contributed by atoms with Crippen LogP contribution in [0.15, 0.2) is 42.5 Å². The van der Waals surface area contributed by atoms with Gasteiger partial charge in [-0.2, -0.15) is 0 Å². The first-order valence-corrected chi connectivity index (χ1v) is 14.8. The van der Waals surface area contributed by atoms with Crippen LogP contribution >= 0.6 is 0 Å². The third-order valence-corrected chi connectivity index (χ3v) is 8.37. The summed E-state index contributed by atoms with van der Waals surface area (Å²) in [6.07, 6.45) is 4.80. The molecule has 4 rings (SSSR count). The molecule has 222 valence electrons. The fourth-order valence-electron chi connectivity index (χ4n) is 5.50. The lowest BCUT2D eigenvalue weighted by Gasteiger charge is -2.36. The van der Waals surface area contributed by atoms with E-state index in [0.29, 0.717) is 37.6 Å². The lowest BCUT2D eigenvalue weighted by molar-refractivity contribution is -0.125. The summed E-state index contributed by atoms with van der Waals surface area (Å²) in [5.41, 5.74) is 5.36. The molecule has 2 aliphatic heterocycles. The summed E-state index contributed by atoms with van der Waals surface area (Å²) < 4.78 is 6.09. The molecule has 0 radical (unpaired) electrons. The summed E-state index contributed by atoms with van der Waals surface area (Å²) >= 11 is 0. The van der Waals surface area contributed by atoms with E-state index in [1.54, 1.807) is 0 Å². The first-order valence-electron chi connectivity index (χ1n) is 14.8. The number of ether oxygens (including phenoxy) is 1. The number of piperazine rings is 1. The van der Waals surface area contributed by atoms with Crippen molar-refractivity contribution < 1.29 is 19.1 Å². The molecule has 2 aliphatic rings. The van der Waals surface area contributed by atoms with Crippen molar-refractivity contribution in [3.8, 4) is 0 Å². The van der Waals surface area contributed by atoms with Crippen molar-refractivity contribution >= 4 is 24.3 Å². The fraction of sp³-hybridized carbons (Fsp3) is 0.531. The third kappa shape index (κ3) is 9.46. The van der Waals surface area contributed by atoms with Gasteiger partial charge in [-0.25, -0.2) is 0 Å². The molecular formula is C32H45N5O4. The number of piperidine rings is 1. The van der Waals surface area contributed by atoms with Crippen LogP contribution in [0.3, 0.4) is 0 Å². The average Bonchev–Trinajstić information content (AvgIpc) is 3.00. The number of hydrogen-bond donors (Lipinski definition) is 2. The van der Waals surface area contributed by atoms with Gasteiger partial charge in [0.1, 0.15) is 6.29 Å². The highest BCUT2D eigenvalue weighted by Crippen LogP contribution is 2.23. The molecule has 9 nitrogen and oxygen atoms in total. The number of benzene rings is 2. The van der Waals surface area contributed by atoms with Crippen molar-refractivity contribution in [1.29, 1.82) is 0 Å². The number of carbonyl (C=O) groups excluding carboxylic acids is 3. The van der Waals surface area contributed by atoms with Crippen LogP contribution in [0.5, 0.6) is 0 Å². The number of hydrogen-bond acceptors (Lipinski definition) is 8. The first kappa shape index (κ1) is 30.8. The van der Waals surface area contributed by atoms with Crippen molar-refractivity contribution in [3.05, 3.63) is 64.7 Å². The standard InChI is InChI=1S/C32H45N5O4/c1-25(3-10-32(40)34-24-39)35(2)21-29-19-30(9-8-28(29)22-38)37-17-15-36(16-18-37)20-26-4-6-27(7-5-26)23-41-31-11-13-33-14-12-31/h4-9,19,22,24-25,31,33H,3,10-18,20-21,23H2,1-2H3,(H,34,39,40). The molecule has 0 aliphatic carbocycles. The number of aldehydes is 1. The smallest absolute Gasteiger partial charge is 0.226 e. The third-order valence-electron chi connectivity index (χ3n) is 8.37. The van der Waals surface area contributed by atoms with Gasteiger partial charge in [-0.05, 0) is 81.2 Å². The van der Waals surface area contributed by atoms with Crippen LogP contribution < -0.4 is 15.5 Å². The Hall–Kier alpha value is -3.11. The molecule has 2 fully saturated rings. The Morgan fingerprint density at radius 3 is 2.46 bits per heavy atom. The van der Waals surface area contributed by atoms with Crippen LogP contribution in [0.2, 0.25) is 0 Å². The molecule has 2 aromatic carbocycles. The van der Waals surface area contributed by atoms with Crippen LogP contribution in [0.25, 0.3) is 0 Å². The molecule has 2 saturated heterocycles. The highest BCUT2D eigenvalue weighted by Gasteiger charge is 2.20. The van der Waals surface area contributed by atoms with Gasteiger partial charge in [0.25, 0.3) is 0 Å². The zero-order chi connectivity index (χ0) is 29.0. The Balaban J connectivity index is 1.25. The SMILES string of the molecule is CC(CCC(=O)NC=O)N(C)Cc1cc(N2CCN(Cc3ccc(COC4CCNCC4)cc3)CC2)ccc1C=O. The summed E-state index contributed by atoms with van der Waals surface area (Å²) in [7, 11) is 2.00. The molecule has 0 spiro atoms. The Labute approximate surface area is 244 Å². The van der Waals surface area contributed by atoms with Crippen LogP contribution in [0.1, 0.15) is 59.7 Å². The van der Waals surface area contributed by atoms with Gasteiger partial charge in [-0.15, -0.1) is 0 Å². The van der Waals surface area contributed by atoms with Crippen LogP contribution in [-0.4, -0.2) is 86.9 Å². The van der Waals surface area contributed by atoms with Crippen molar-refractivity contribution in [2.24, 2.45) is 0 Å². The van der Waals surface area contributed by atoms with Gasteiger partial charge in [0.15, 0.2) is 0 Å². The number of nitrogens with one attached hydrogen (secondary N) is 2. The Kier molecular flexibility index (Phi) is 11.9. The largest absolute Gasteiger partial charge is 0.373 e. The van der Waals surface area contributed by atoms with E-state index in [-0.39, 0.29) is 18.4 Å². The summed E-state index contributed by atoms with van der Waals surface area (Å²) in [4.78, 5) is 40.9. The van der Waals surface area contributed by atoms with Crippen molar-refractivity contribution in [2.45, 2.75) is 64.4 Å². The molecular weight excluding hydrogens is 518 g/mol. The van der Waals surface area contributed by atoms with Gasteiger partial charge >= 0.3 is 0 Å². The minimum atomic E-state index is -0.274. The molecule has 0 aromatic heterocycles. The predicted octanol–water partition coefficient (Wildman–Crippen LogP) is 2.96. The number of nitrogens with zero attached hydrogens (tertiary/aromatic N) is 3. The zero-order valence-corrected chi connectivity index (χ0v) is 24.5. The van der Waals surface area contributed by atoms with E-state index in [4.69, 9.17) is 4.74 Å². The number of rotatable bonds is 14. The van der Waals surface area contributed by atoms with Gasteiger partial charge in [0, 0.05) is 63.0 Å². The topological polar surface area (TPSA) is 94.2 Å². The number of anilines is 1. The highest BCUT2D eigenvalue weighted by atomic mass is 16.5. The maximum absolute atomic E-state index is 11.8. The molecule has 2 heterocycles. The molecule has 0 bridgehead atoms. The Morgan fingerprint density at radius 1 is 1.07 bits per heavy atom. The number of carbonyl (C=O) groups is 3. The van der Waals surface area contributed by atoms with E-state index >= 15 is 0 Å². The van der Waals surface area contributed by atoms with E-state index in [1.807, 2.05) is 19.2 Å². The molecule has 1 atom stereocenters. The molecule has 1 unspecified atom stereocenters. The monoisotopic (exact) mass is 563 g/mol. The average molecular weight is 564 g/mol. The molecule has 2 amide bonds. The van der Waals surface area contributed by atoms with Crippen LogP contribution in [-0.2, 0) is 34.0 Å². The van der Waals surface area contributed by atoms with Gasteiger partial charge < -0.3 is 15.0 Å². The number of imide groups is 1. The minimum absolute atomic E-state index is 0.120. The minimum Gasteiger partial charge on any atom is -0.373 e. The second kappa shape index (κ2) is 15.8. The van der Waals surface area contributed by atoms with Crippen molar-refractivity contribution in [1.82, 2.24) is 20.4 Å². The quantitative estimate of drug-likeness (QED) is 0.339. The first-order chi connectivity index (χ1) is 19.9. The van der Waals surface area contributed by atoms with E-state index in [9.17, 15) is 14.4 Å². The predicted molar refractivity (Wildman–Crippen MR) is 161 cm³/mol. The van der Waals surface area contributed by atoms with Gasteiger partial charge in [0.05, 0.1) is 12.7 Å². The molecule has 2 N–H and O–H groups in total. The normalized spacial score (nSPS) is 17.4. The summed E-state index contributed by atoms with van der Waals surface area (Å²) in [6, 6.07) is 15.1. The summed E-state index contributed by atoms with van der Waals surface area (Å²) in [6.45, 7) is 10.2. The van der Waals surface area contributed by atoms with E-state index in [0.717, 1.165) is 76.2 Å². The molecule has 2 aromatic rings. The van der Waals surface area contributed by atoms with E-state index in [2.05, 4.69) is 62.6 Å².